The summed E-state index contributed by atoms with van der Waals surface area (Å²) in [6.45, 7) is 9.21. The number of hydrogen-bond acceptors (Lipinski definition) is 4. The molecule has 0 aliphatic carbocycles. The Labute approximate surface area is 151 Å². The van der Waals surface area contributed by atoms with Crippen molar-refractivity contribution in [3.05, 3.63) is 36.4 Å². The van der Waals surface area contributed by atoms with Crippen molar-refractivity contribution in [3.63, 3.8) is 0 Å². The molecule has 1 unspecified atom stereocenters. The number of nitrogens with one attached hydrogen (secondary N) is 1. The van der Waals surface area contributed by atoms with Crippen molar-refractivity contribution in [2.45, 2.75) is 38.6 Å². The highest BCUT2D eigenvalue weighted by molar-refractivity contribution is 5.94. The van der Waals surface area contributed by atoms with Crippen LogP contribution in [0.4, 0.5) is 0 Å². The summed E-state index contributed by atoms with van der Waals surface area (Å²) in [4.78, 5) is 14.8. The zero-order chi connectivity index (χ0) is 18.1. The summed E-state index contributed by atoms with van der Waals surface area (Å²) >= 11 is 0. The number of ether oxygens (including phenoxy) is 2. The number of methoxy groups -OCH3 is 1. The SMILES string of the molecule is C=CCOc1ccc(C(=O)NCCCN2CCCCC2C)cc1OC. The number of amides is 1. The molecular weight excluding hydrogens is 316 g/mol. The van der Waals surface area contributed by atoms with Crippen molar-refractivity contribution in [2.24, 2.45) is 0 Å². The summed E-state index contributed by atoms with van der Waals surface area (Å²) < 4.78 is 10.8. The second-order valence-corrected chi connectivity index (χ2v) is 6.46. The Morgan fingerprint density at radius 3 is 2.96 bits per heavy atom. The number of rotatable bonds is 9. The van der Waals surface area contributed by atoms with Gasteiger partial charge in [0.15, 0.2) is 11.5 Å². The van der Waals surface area contributed by atoms with Crippen molar-refractivity contribution >= 4 is 5.91 Å². The molecule has 0 saturated carbocycles. The predicted molar refractivity (Wildman–Crippen MR) is 101 cm³/mol. The zero-order valence-corrected chi connectivity index (χ0v) is 15.4. The molecule has 1 aromatic rings. The first-order valence-electron chi connectivity index (χ1n) is 9.09. The molecule has 1 heterocycles. The molecule has 0 bridgehead atoms. The molecule has 1 N–H and O–H groups in total. The second kappa shape index (κ2) is 10.1. The number of likely N-dealkylation sites (tertiary alicyclic amines) is 1. The molecule has 0 spiro atoms. The van der Waals surface area contributed by atoms with Crippen LogP contribution in [0.15, 0.2) is 30.9 Å². The molecule has 1 amide bonds. The van der Waals surface area contributed by atoms with Crippen LogP contribution in [0.25, 0.3) is 0 Å². The largest absolute Gasteiger partial charge is 0.493 e. The van der Waals surface area contributed by atoms with Crippen molar-refractivity contribution in [2.75, 3.05) is 33.4 Å². The molecule has 1 aliphatic heterocycles. The maximum absolute atomic E-state index is 12.3. The first kappa shape index (κ1) is 19.3. The molecule has 5 heteroatoms. The van der Waals surface area contributed by atoms with E-state index in [0.717, 1.165) is 13.0 Å². The molecule has 2 rings (SSSR count). The highest BCUT2D eigenvalue weighted by Gasteiger charge is 2.17. The highest BCUT2D eigenvalue weighted by atomic mass is 16.5. The van der Waals surface area contributed by atoms with Crippen LogP contribution in [-0.2, 0) is 0 Å². The van der Waals surface area contributed by atoms with Crippen LogP contribution in [0, 0.1) is 0 Å². The maximum atomic E-state index is 12.3. The van der Waals surface area contributed by atoms with E-state index >= 15 is 0 Å². The topological polar surface area (TPSA) is 50.8 Å². The van der Waals surface area contributed by atoms with Gasteiger partial charge in [0.25, 0.3) is 5.91 Å². The lowest BCUT2D eigenvalue weighted by atomic mass is 10.0. The molecule has 1 atom stereocenters. The molecule has 0 radical (unpaired) electrons. The van der Waals surface area contributed by atoms with Crippen LogP contribution in [0.5, 0.6) is 11.5 Å². The van der Waals surface area contributed by atoms with E-state index in [1.807, 2.05) is 0 Å². The van der Waals surface area contributed by atoms with Gasteiger partial charge >= 0.3 is 0 Å². The van der Waals surface area contributed by atoms with Crippen LogP contribution in [0.1, 0.15) is 43.0 Å². The van der Waals surface area contributed by atoms with Gasteiger partial charge in [0, 0.05) is 24.7 Å². The number of carbonyl (C=O) groups excluding carboxylic acids is 1. The van der Waals surface area contributed by atoms with Gasteiger partial charge in [-0.1, -0.05) is 19.1 Å². The van der Waals surface area contributed by atoms with Gasteiger partial charge in [-0.05, 0) is 50.9 Å². The number of hydrogen-bond donors (Lipinski definition) is 1. The van der Waals surface area contributed by atoms with Gasteiger partial charge in [0.1, 0.15) is 6.61 Å². The minimum atomic E-state index is -0.0831. The quantitative estimate of drug-likeness (QED) is 0.551. The minimum Gasteiger partial charge on any atom is -0.493 e. The van der Waals surface area contributed by atoms with Crippen molar-refractivity contribution in [1.82, 2.24) is 10.2 Å². The fourth-order valence-corrected chi connectivity index (χ4v) is 3.15. The molecule has 1 saturated heterocycles. The molecule has 0 aromatic heterocycles. The van der Waals surface area contributed by atoms with E-state index in [2.05, 4.69) is 23.7 Å². The number of benzene rings is 1. The summed E-state index contributed by atoms with van der Waals surface area (Å²) in [6.07, 6.45) is 6.54. The van der Waals surface area contributed by atoms with Gasteiger partial charge in [-0.25, -0.2) is 0 Å². The fraction of sp³-hybridized carbons (Fsp3) is 0.550. The maximum Gasteiger partial charge on any atom is 0.251 e. The number of nitrogens with zero attached hydrogens (tertiary/aromatic N) is 1. The average Bonchev–Trinajstić information content (AvgIpc) is 2.64. The van der Waals surface area contributed by atoms with Gasteiger partial charge in [-0.15, -0.1) is 0 Å². The van der Waals surface area contributed by atoms with E-state index in [1.165, 1.54) is 25.8 Å². The van der Waals surface area contributed by atoms with Crippen molar-refractivity contribution in [3.8, 4) is 11.5 Å². The Morgan fingerprint density at radius 1 is 1.40 bits per heavy atom. The van der Waals surface area contributed by atoms with E-state index in [4.69, 9.17) is 9.47 Å². The lowest BCUT2D eigenvalue weighted by Gasteiger charge is -2.33. The van der Waals surface area contributed by atoms with Gasteiger partial charge in [0.05, 0.1) is 7.11 Å². The molecule has 1 aliphatic rings. The van der Waals surface area contributed by atoms with Crippen LogP contribution in [0.2, 0.25) is 0 Å². The van der Waals surface area contributed by atoms with Crippen LogP contribution in [0.3, 0.4) is 0 Å². The molecule has 25 heavy (non-hydrogen) atoms. The summed E-state index contributed by atoms with van der Waals surface area (Å²) in [5, 5.41) is 2.99. The van der Waals surface area contributed by atoms with Gasteiger partial charge < -0.3 is 19.7 Å². The van der Waals surface area contributed by atoms with E-state index in [9.17, 15) is 4.79 Å². The van der Waals surface area contributed by atoms with Crippen LogP contribution < -0.4 is 14.8 Å². The number of carbonyl (C=O) groups is 1. The van der Waals surface area contributed by atoms with Crippen LogP contribution in [-0.4, -0.2) is 50.2 Å². The molecule has 1 fully saturated rings. The molecule has 1 aromatic carbocycles. The van der Waals surface area contributed by atoms with Gasteiger partial charge in [-0.3, -0.25) is 4.79 Å². The van der Waals surface area contributed by atoms with Crippen molar-refractivity contribution in [1.29, 1.82) is 0 Å². The predicted octanol–water partition coefficient (Wildman–Crippen LogP) is 3.25. The lowest BCUT2D eigenvalue weighted by molar-refractivity contribution is 0.0948. The third-order valence-electron chi connectivity index (χ3n) is 4.63. The molecular formula is C20H30N2O3. The third-order valence-corrected chi connectivity index (χ3v) is 4.63. The Morgan fingerprint density at radius 2 is 2.24 bits per heavy atom. The van der Waals surface area contributed by atoms with Gasteiger partial charge in [-0.2, -0.15) is 0 Å². The summed E-state index contributed by atoms with van der Waals surface area (Å²) in [7, 11) is 1.57. The normalized spacial score (nSPS) is 17.8. The van der Waals surface area contributed by atoms with E-state index < -0.39 is 0 Å². The van der Waals surface area contributed by atoms with E-state index in [0.29, 0.717) is 36.3 Å². The first-order chi connectivity index (χ1) is 12.2. The Hall–Kier alpha value is -2.01. The fourth-order valence-electron chi connectivity index (χ4n) is 3.15. The number of piperidine rings is 1. The molecule has 138 valence electrons. The lowest BCUT2D eigenvalue weighted by Crippen LogP contribution is -2.39. The van der Waals surface area contributed by atoms with E-state index in [-0.39, 0.29) is 5.91 Å². The second-order valence-electron chi connectivity index (χ2n) is 6.46. The molecule has 5 nitrogen and oxygen atoms in total. The summed E-state index contributed by atoms with van der Waals surface area (Å²) in [5.74, 6) is 1.08. The standard InChI is InChI=1S/C20H30N2O3/c1-4-14-25-18-10-9-17(15-19(18)24-3)20(23)21-11-7-13-22-12-6-5-8-16(22)2/h4,9-10,15-16H,1,5-8,11-14H2,2-3H3,(H,21,23). The third kappa shape index (κ3) is 5.78. The summed E-state index contributed by atoms with van der Waals surface area (Å²) in [6, 6.07) is 5.88. The summed E-state index contributed by atoms with van der Waals surface area (Å²) in [5.41, 5.74) is 0.578. The van der Waals surface area contributed by atoms with Crippen molar-refractivity contribution < 1.29 is 14.3 Å². The first-order valence-corrected chi connectivity index (χ1v) is 9.09. The Balaban J connectivity index is 1.80. The minimum absolute atomic E-state index is 0.0831. The van der Waals surface area contributed by atoms with Gasteiger partial charge in [0.2, 0.25) is 0 Å². The average molecular weight is 346 g/mol. The smallest absolute Gasteiger partial charge is 0.251 e. The zero-order valence-electron chi connectivity index (χ0n) is 15.4. The van der Waals surface area contributed by atoms with E-state index in [1.54, 1.807) is 31.4 Å². The van der Waals surface area contributed by atoms with Crippen LogP contribution >= 0.6 is 0 Å². The Bertz CT molecular complexity index is 574. The Kier molecular flexibility index (Phi) is 7.79. The monoisotopic (exact) mass is 346 g/mol. The highest BCUT2D eigenvalue weighted by Crippen LogP contribution is 2.28.